The van der Waals surface area contributed by atoms with Crippen LogP contribution in [0.4, 0.5) is 0 Å². The minimum absolute atomic E-state index is 0.424. The van der Waals surface area contributed by atoms with E-state index in [-0.39, 0.29) is 0 Å². The van der Waals surface area contributed by atoms with Crippen molar-refractivity contribution >= 4 is 0 Å². The first-order valence-corrected chi connectivity index (χ1v) is 8.29. The zero-order chi connectivity index (χ0) is 16.5. The molecule has 1 aliphatic carbocycles. The monoisotopic (exact) mass is 320 g/mol. The molecular weight excluding hydrogens is 300 g/mol. The fraction of sp³-hybridized carbons (Fsp3) is 0.300. The molecule has 0 saturated carbocycles. The van der Waals surface area contributed by atoms with Gasteiger partial charge in [0, 0.05) is 36.2 Å². The molecule has 1 unspecified atom stereocenters. The summed E-state index contributed by atoms with van der Waals surface area (Å²) < 4.78 is 11.2. The number of rotatable bonds is 3. The second-order valence-electron chi connectivity index (χ2n) is 6.26. The van der Waals surface area contributed by atoms with Gasteiger partial charge in [0.05, 0.1) is 12.8 Å². The van der Waals surface area contributed by atoms with Crippen molar-refractivity contribution in [2.75, 3.05) is 7.11 Å². The Kier molecular flexibility index (Phi) is 3.81. The van der Waals surface area contributed by atoms with Gasteiger partial charge in [0.25, 0.3) is 0 Å². The van der Waals surface area contributed by atoms with E-state index in [0.717, 1.165) is 42.0 Å². The highest BCUT2D eigenvalue weighted by Gasteiger charge is 2.27. The summed E-state index contributed by atoms with van der Waals surface area (Å²) in [5.41, 5.74) is 4.50. The van der Waals surface area contributed by atoms with E-state index < -0.39 is 0 Å². The van der Waals surface area contributed by atoms with E-state index in [2.05, 4.69) is 18.0 Å². The van der Waals surface area contributed by atoms with Crippen LogP contribution in [0.3, 0.4) is 0 Å². The predicted octanol–water partition coefficient (Wildman–Crippen LogP) is 4.33. The van der Waals surface area contributed by atoms with Crippen LogP contribution in [0.25, 0.3) is 11.5 Å². The van der Waals surface area contributed by atoms with Crippen LogP contribution in [0.1, 0.15) is 35.1 Å². The molecule has 4 rings (SSSR count). The van der Waals surface area contributed by atoms with Crippen molar-refractivity contribution in [1.29, 1.82) is 0 Å². The minimum Gasteiger partial charge on any atom is -0.497 e. The van der Waals surface area contributed by atoms with Crippen LogP contribution in [0, 0.1) is 6.92 Å². The molecule has 0 fully saturated rings. The Bertz CT molecular complexity index is 852. The number of aromatic nitrogens is 2. The van der Waals surface area contributed by atoms with Gasteiger partial charge in [-0.25, -0.2) is 4.98 Å². The lowest BCUT2D eigenvalue weighted by Crippen LogP contribution is -2.14. The Morgan fingerprint density at radius 3 is 2.75 bits per heavy atom. The number of pyridine rings is 1. The highest BCUT2D eigenvalue weighted by molar-refractivity contribution is 5.55. The standard InChI is InChI=1S/C20H20N2O2/c1-13-4-3-11-21-19(13)15-7-10-18-17(12-15)22-20(24-18)14-5-8-16(23-2)9-6-14/h3-6,8-9,11,15H,7,10,12H2,1-2H3. The molecule has 0 saturated heterocycles. The highest BCUT2D eigenvalue weighted by atomic mass is 16.5. The van der Waals surface area contributed by atoms with Gasteiger partial charge in [0.15, 0.2) is 0 Å². The molecule has 3 aromatic rings. The van der Waals surface area contributed by atoms with Crippen molar-refractivity contribution < 1.29 is 9.15 Å². The molecule has 1 aliphatic rings. The Balaban J connectivity index is 1.61. The van der Waals surface area contributed by atoms with Gasteiger partial charge in [0.1, 0.15) is 11.5 Å². The number of oxazole rings is 1. The second kappa shape index (κ2) is 6.11. The Labute approximate surface area is 141 Å². The Morgan fingerprint density at radius 2 is 2.00 bits per heavy atom. The summed E-state index contributed by atoms with van der Waals surface area (Å²) in [4.78, 5) is 9.33. The Morgan fingerprint density at radius 1 is 1.17 bits per heavy atom. The van der Waals surface area contributed by atoms with Crippen LogP contribution < -0.4 is 4.74 Å². The molecule has 2 heterocycles. The maximum absolute atomic E-state index is 6.01. The van der Waals surface area contributed by atoms with Crippen LogP contribution >= 0.6 is 0 Å². The van der Waals surface area contributed by atoms with Crippen molar-refractivity contribution in [3.05, 3.63) is 65.3 Å². The summed E-state index contributed by atoms with van der Waals surface area (Å²) in [7, 11) is 1.67. The van der Waals surface area contributed by atoms with Gasteiger partial charge in [-0.2, -0.15) is 0 Å². The normalized spacial score (nSPS) is 16.7. The van der Waals surface area contributed by atoms with Crippen LogP contribution in [0.5, 0.6) is 5.75 Å². The summed E-state index contributed by atoms with van der Waals surface area (Å²) in [5, 5.41) is 0. The average molecular weight is 320 g/mol. The van der Waals surface area contributed by atoms with E-state index in [9.17, 15) is 0 Å². The van der Waals surface area contributed by atoms with Crippen molar-refractivity contribution in [2.45, 2.75) is 32.1 Å². The van der Waals surface area contributed by atoms with Crippen LogP contribution in [-0.2, 0) is 12.8 Å². The summed E-state index contributed by atoms with van der Waals surface area (Å²) in [6.07, 6.45) is 4.75. The van der Waals surface area contributed by atoms with Crippen LogP contribution in [-0.4, -0.2) is 17.1 Å². The number of benzene rings is 1. The number of aryl methyl sites for hydroxylation is 2. The zero-order valence-electron chi connectivity index (χ0n) is 14.0. The molecule has 0 amide bonds. The van der Waals surface area contributed by atoms with E-state index in [1.165, 1.54) is 11.3 Å². The topological polar surface area (TPSA) is 48.2 Å². The summed E-state index contributed by atoms with van der Waals surface area (Å²) in [6.45, 7) is 2.13. The van der Waals surface area contributed by atoms with Crippen LogP contribution in [0.2, 0.25) is 0 Å². The molecule has 0 radical (unpaired) electrons. The summed E-state index contributed by atoms with van der Waals surface area (Å²) >= 11 is 0. The maximum Gasteiger partial charge on any atom is 0.226 e. The maximum atomic E-state index is 6.01. The lowest BCUT2D eigenvalue weighted by molar-refractivity contribution is 0.414. The van der Waals surface area contributed by atoms with Gasteiger partial charge in [0.2, 0.25) is 5.89 Å². The van der Waals surface area contributed by atoms with Gasteiger partial charge in [-0.05, 0) is 49.2 Å². The fourth-order valence-electron chi connectivity index (χ4n) is 3.39. The molecule has 4 nitrogen and oxygen atoms in total. The molecule has 1 atom stereocenters. The number of ether oxygens (including phenoxy) is 1. The number of nitrogens with zero attached hydrogens (tertiary/aromatic N) is 2. The third kappa shape index (κ3) is 2.68. The molecule has 0 bridgehead atoms. The SMILES string of the molecule is COc1ccc(-c2nc3c(o2)CCC(c2ncccc2C)C3)cc1. The van der Waals surface area contributed by atoms with Gasteiger partial charge in [-0.1, -0.05) is 6.07 Å². The number of hydrogen-bond donors (Lipinski definition) is 0. The van der Waals surface area contributed by atoms with Crippen molar-refractivity contribution in [3.63, 3.8) is 0 Å². The predicted molar refractivity (Wildman–Crippen MR) is 92.2 cm³/mol. The molecule has 4 heteroatoms. The molecule has 0 aliphatic heterocycles. The van der Waals surface area contributed by atoms with E-state index in [1.54, 1.807) is 7.11 Å². The molecule has 0 spiro atoms. The minimum atomic E-state index is 0.424. The lowest BCUT2D eigenvalue weighted by atomic mass is 9.86. The van der Waals surface area contributed by atoms with Crippen molar-refractivity contribution in [3.8, 4) is 17.2 Å². The molecule has 2 aromatic heterocycles. The summed E-state index contributed by atoms with van der Waals surface area (Å²) in [6, 6.07) is 11.9. The van der Waals surface area contributed by atoms with E-state index in [0.29, 0.717) is 11.8 Å². The van der Waals surface area contributed by atoms with Gasteiger partial charge in [-0.15, -0.1) is 0 Å². The van der Waals surface area contributed by atoms with Gasteiger partial charge in [-0.3, -0.25) is 4.98 Å². The van der Waals surface area contributed by atoms with Gasteiger partial charge >= 0.3 is 0 Å². The largest absolute Gasteiger partial charge is 0.497 e. The first-order valence-electron chi connectivity index (χ1n) is 8.29. The first-order chi connectivity index (χ1) is 11.7. The molecule has 122 valence electrons. The average Bonchev–Trinajstić information content (AvgIpc) is 3.05. The summed E-state index contributed by atoms with van der Waals surface area (Å²) in [5.74, 6) is 2.97. The number of methoxy groups -OCH3 is 1. The lowest BCUT2D eigenvalue weighted by Gasteiger charge is -2.21. The van der Waals surface area contributed by atoms with Crippen LogP contribution in [0.15, 0.2) is 47.0 Å². The smallest absolute Gasteiger partial charge is 0.226 e. The van der Waals surface area contributed by atoms with Crippen molar-refractivity contribution in [2.24, 2.45) is 0 Å². The third-order valence-corrected chi connectivity index (χ3v) is 4.71. The molecule has 24 heavy (non-hydrogen) atoms. The second-order valence-corrected chi connectivity index (χ2v) is 6.26. The molecular formula is C20H20N2O2. The van der Waals surface area contributed by atoms with E-state index in [4.69, 9.17) is 14.1 Å². The van der Waals surface area contributed by atoms with Crippen molar-refractivity contribution in [1.82, 2.24) is 9.97 Å². The fourth-order valence-corrected chi connectivity index (χ4v) is 3.39. The molecule has 1 aromatic carbocycles. The zero-order valence-corrected chi connectivity index (χ0v) is 14.0. The Hall–Kier alpha value is -2.62. The quantitative estimate of drug-likeness (QED) is 0.721. The number of hydrogen-bond acceptors (Lipinski definition) is 4. The first kappa shape index (κ1) is 14.9. The highest BCUT2D eigenvalue weighted by Crippen LogP contribution is 2.35. The van der Waals surface area contributed by atoms with E-state index in [1.807, 2.05) is 36.5 Å². The molecule has 0 N–H and O–H groups in total. The van der Waals surface area contributed by atoms with Gasteiger partial charge < -0.3 is 9.15 Å². The van der Waals surface area contributed by atoms with E-state index >= 15 is 0 Å². The number of fused-ring (bicyclic) bond motifs is 1. The third-order valence-electron chi connectivity index (χ3n) is 4.71.